The summed E-state index contributed by atoms with van der Waals surface area (Å²) in [6.07, 6.45) is -13.4. The third-order valence-electron chi connectivity index (χ3n) is 6.05. The Morgan fingerprint density at radius 1 is 1.07 bits per heavy atom. The second-order valence-electron chi connectivity index (χ2n) is 8.94. The Morgan fingerprint density at radius 3 is 2.25 bits per heavy atom. The fourth-order valence-corrected chi connectivity index (χ4v) is 6.44. The number of nitrogens with zero attached hydrogens (tertiary/aromatic N) is 1. The van der Waals surface area contributed by atoms with Crippen LogP contribution in [0.15, 0.2) is 21.9 Å². The highest BCUT2D eigenvalue weighted by molar-refractivity contribution is 7.54. The summed E-state index contributed by atoms with van der Waals surface area (Å²) in [4.78, 5) is 66.7. The molecule has 1 amide bonds. The van der Waals surface area contributed by atoms with E-state index < -0.39 is 107 Å². The van der Waals surface area contributed by atoms with Gasteiger partial charge < -0.3 is 55.0 Å². The lowest BCUT2D eigenvalue weighted by Crippen LogP contribution is -2.66. The fourth-order valence-electron chi connectivity index (χ4n) is 4.16. The third-order valence-corrected chi connectivity index (χ3v) is 8.25. The van der Waals surface area contributed by atoms with Gasteiger partial charge in [-0.3, -0.25) is 32.8 Å². The van der Waals surface area contributed by atoms with Gasteiger partial charge in [0, 0.05) is 19.2 Å². The van der Waals surface area contributed by atoms with Crippen LogP contribution < -0.4 is 16.6 Å². The number of carbonyl (C=O) groups excluding carboxylic acids is 1. The number of carbonyl (C=O) groups is 1. The number of amides is 1. The van der Waals surface area contributed by atoms with Gasteiger partial charge in [-0.15, -0.1) is 0 Å². The number of phosphoric acid groups is 1. The predicted octanol–water partition coefficient (Wildman–Crippen LogP) is -5.22. The van der Waals surface area contributed by atoms with Crippen LogP contribution >= 0.6 is 15.4 Å². The Bertz CT molecular complexity index is 1270. The van der Waals surface area contributed by atoms with E-state index in [4.69, 9.17) is 14.0 Å². The number of aliphatic hydroxyl groups excluding tert-OH is 5. The zero-order chi connectivity index (χ0) is 30.2. The first kappa shape index (κ1) is 32.6. The number of hydrogen-bond acceptors (Lipinski definition) is 14. The first-order valence-electron chi connectivity index (χ1n) is 11.4. The number of phosphoric ester groups is 1. The molecular formula is C18H29N3O17P2. The maximum absolute atomic E-state index is 12.7. The summed E-state index contributed by atoms with van der Waals surface area (Å²) in [5, 5.41) is 52.5. The van der Waals surface area contributed by atoms with Gasteiger partial charge in [-0.05, 0) is 0 Å². The summed E-state index contributed by atoms with van der Waals surface area (Å²) in [6.45, 7) is -1.06. The van der Waals surface area contributed by atoms with E-state index in [0.29, 0.717) is 4.57 Å². The molecule has 3 rings (SSSR count). The molecule has 2 aliphatic heterocycles. The smallest absolute Gasteiger partial charge is 0.394 e. The van der Waals surface area contributed by atoms with Crippen LogP contribution in [-0.2, 0) is 32.4 Å². The van der Waals surface area contributed by atoms with Gasteiger partial charge in [0.05, 0.1) is 19.3 Å². The minimum atomic E-state index is -5.61. The van der Waals surface area contributed by atoms with E-state index in [-0.39, 0.29) is 0 Å². The molecule has 2 aliphatic rings. The van der Waals surface area contributed by atoms with Crippen LogP contribution in [0, 0.1) is 0 Å². The minimum absolute atomic E-state index is 0.716. The van der Waals surface area contributed by atoms with Crippen LogP contribution in [0.4, 0.5) is 0 Å². The van der Waals surface area contributed by atoms with Crippen molar-refractivity contribution >= 4 is 21.3 Å². The summed E-state index contributed by atoms with van der Waals surface area (Å²) in [5.74, 6) is -3.58. The van der Waals surface area contributed by atoms with E-state index in [2.05, 4.69) is 9.84 Å². The number of aromatic amines is 1. The van der Waals surface area contributed by atoms with E-state index in [0.717, 1.165) is 19.2 Å². The van der Waals surface area contributed by atoms with Crippen molar-refractivity contribution in [2.75, 3.05) is 13.2 Å². The molecule has 40 heavy (non-hydrogen) atoms. The highest BCUT2D eigenvalue weighted by Gasteiger charge is 2.55. The Balaban J connectivity index is 1.79. The highest BCUT2D eigenvalue weighted by Crippen LogP contribution is 2.56. The number of nitrogens with one attached hydrogen (secondary N) is 2. The molecule has 1 aromatic heterocycles. The van der Waals surface area contributed by atoms with Crippen molar-refractivity contribution < 1.29 is 72.7 Å². The average Bonchev–Trinajstić information content (AvgIpc) is 3.12. The van der Waals surface area contributed by atoms with E-state index in [9.17, 15) is 63.7 Å². The van der Waals surface area contributed by atoms with E-state index in [1.807, 2.05) is 4.98 Å². The van der Waals surface area contributed by atoms with Crippen LogP contribution in [0.5, 0.6) is 0 Å². The van der Waals surface area contributed by atoms with Gasteiger partial charge in [-0.1, -0.05) is 0 Å². The molecule has 22 heteroatoms. The Labute approximate surface area is 223 Å². The predicted molar refractivity (Wildman–Crippen MR) is 125 cm³/mol. The van der Waals surface area contributed by atoms with Crippen molar-refractivity contribution in [2.24, 2.45) is 0 Å². The standard InChI is InChI=1S/C18H29N3O17P2/c1-6(23)19-10-13(27)11(25)7(4-22)36-15(10)17(39(30,31)32)38-40(33,34)35-5-8-12(26)14(28)16(37-8)21-3-2-9(24)20-18(21)29/h2-3,7-8,10-17,22,25-28H,4-5H2,1H3,(H,19,23)(H,33,34)(H,20,24,29)(H2,30,31,32)/t7-,8-,10-,11-,12-,13-,14-,15+,16-,17?/m1/s1. The molecule has 20 nitrogen and oxygen atoms in total. The van der Waals surface area contributed by atoms with Gasteiger partial charge in [0.25, 0.3) is 5.56 Å². The Hall–Kier alpha value is -1.87. The van der Waals surface area contributed by atoms with Crippen LogP contribution in [-0.4, -0.2) is 123 Å². The molecule has 2 unspecified atom stereocenters. The van der Waals surface area contributed by atoms with Crippen LogP contribution in [0.3, 0.4) is 0 Å². The largest absolute Gasteiger partial charge is 0.473 e. The van der Waals surface area contributed by atoms with Crippen LogP contribution in [0.1, 0.15) is 13.2 Å². The van der Waals surface area contributed by atoms with Crippen molar-refractivity contribution in [1.29, 1.82) is 0 Å². The van der Waals surface area contributed by atoms with Crippen molar-refractivity contribution in [3.05, 3.63) is 33.1 Å². The topological polar surface area (TPSA) is 317 Å². The first-order chi connectivity index (χ1) is 18.5. The minimum Gasteiger partial charge on any atom is -0.394 e. The molecule has 0 saturated carbocycles. The molecule has 3 heterocycles. The number of H-pyrrole nitrogens is 1. The van der Waals surface area contributed by atoms with Gasteiger partial charge in [-0.2, -0.15) is 0 Å². The number of ether oxygens (including phenoxy) is 2. The summed E-state index contributed by atoms with van der Waals surface area (Å²) in [6, 6.07) is -0.885. The molecule has 228 valence electrons. The normalized spacial score (nSPS) is 35.2. The summed E-state index contributed by atoms with van der Waals surface area (Å²) in [7, 11) is -11.1. The summed E-state index contributed by atoms with van der Waals surface area (Å²) in [5.41, 5.74) is -1.78. The molecule has 1 aromatic rings. The number of aliphatic hydroxyl groups is 5. The van der Waals surface area contributed by atoms with Gasteiger partial charge in [0.15, 0.2) is 12.1 Å². The van der Waals surface area contributed by atoms with Crippen LogP contribution in [0.2, 0.25) is 0 Å². The molecule has 2 saturated heterocycles. The fraction of sp³-hybridized carbons (Fsp3) is 0.722. The lowest BCUT2D eigenvalue weighted by Gasteiger charge is -2.45. The van der Waals surface area contributed by atoms with Gasteiger partial charge >= 0.3 is 21.1 Å². The zero-order valence-corrected chi connectivity index (χ0v) is 22.2. The Morgan fingerprint density at radius 2 is 1.70 bits per heavy atom. The first-order valence-corrected chi connectivity index (χ1v) is 14.6. The van der Waals surface area contributed by atoms with Gasteiger partial charge in [0.1, 0.15) is 42.7 Å². The summed E-state index contributed by atoms with van der Waals surface area (Å²) < 4.78 is 45.6. The van der Waals surface area contributed by atoms with Crippen molar-refractivity contribution in [2.45, 2.75) is 67.8 Å². The number of rotatable bonds is 10. The van der Waals surface area contributed by atoms with Crippen molar-refractivity contribution in [3.63, 3.8) is 0 Å². The molecule has 0 aliphatic carbocycles. The van der Waals surface area contributed by atoms with Gasteiger partial charge in [0.2, 0.25) is 5.91 Å². The third kappa shape index (κ3) is 7.30. The lowest BCUT2D eigenvalue weighted by atomic mass is 9.93. The zero-order valence-electron chi connectivity index (χ0n) is 20.4. The maximum Gasteiger partial charge on any atom is 0.473 e. The molecule has 2 fully saturated rings. The Kier molecular flexibility index (Phi) is 10.2. The van der Waals surface area contributed by atoms with E-state index in [1.165, 1.54) is 0 Å². The second kappa shape index (κ2) is 12.6. The molecular weight excluding hydrogens is 592 g/mol. The van der Waals surface area contributed by atoms with Gasteiger partial charge in [-0.25, -0.2) is 9.36 Å². The molecule has 0 aromatic carbocycles. The van der Waals surface area contributed by atoms with E-state index in [1.54, 1.807) is 0 Å². The highest BCUT2D eigenvalue weighted by atomic mass is 31.2. The lowest BCUT2D eigenvalue weighted by molar-refractivity contribution is -0.207. The molecule has 10 N–H and O–H groups in total. The maximum atomic E-state index is 12.7. The number of aromatic nitrogens is 2. The van der Waals surface area contributed by atoms with E-state index >= 15 is 0 Å². The molecule has 0 radical (unpaired) electrons. The monoisotopic (exact) mass is 621 g/mol. The average molecular weight is 621 g/mol. The number of hydrogen-bond donors (Lipinski definition) is 10. The van der Waals surface area contributed by atoms with Crippen molar-refractivity contribution in [3.8, 4) is 0 Å². The van der Waals surface area contributed by atoms with Crippen LogP contribution in [0.25, 0.3) is 0 Å². The quantitative estimate of drug-likeness (QED) is 0.109. The summed E-state index contributed by atoms with van der Waals surface area (Å²) >= 11 is 0. The molecule has 0 bridgehead atoms. The van der Waals surface area contributed by atoms with Crippen molar-refractivity contribution in [1.82, 2.24) is 14.9 Å². The SMILES string of the molecule is CC(=O)N[C@@H]1[C@@H](O)[C@H](O)[C@@H](CO)O[C@@H]1C(OP(=O)(O)OC[C@H]1O[C@@H](n2ccc(=O)[nH]c2=O)[C@H](O)[C@@H]1O)P(=O)(O)O. The molecule has 0 spiro atoms. The molecule has 11 atom stereocenters. The second-order valence-corrected chi connectivity index (χ2v) is 12.0.